The number of benzene rings is 1. The molecule has 0 saturated carbocycles. The Morgan fingerprint density at radius 1 is 1.13 bits per heavy atom. The van der Waals surface area contributed by atoms with Gasteiger partial charge in [-0.25, -0.2) is 14.4 Å². The molecule has 4 rings (SSSR count). The second-order valence-electron chi connectivity index (χ2n) is 7.43. The van der Waals surface area contributed by atoms with Crippen molar-refractivity contribution >= 4 is 22.6 Å². The fraction of sp³-hybridized carbons (Fsp3) is 0.333. The number of halogens is 2. The number of nitrogens with one attached hydrogen (secondary N) is 2. The summed E-state index contributed by atoms with van der Waals surface area (Å²) in [5, 5.41) is 2.42. The number of amides is 1. The SMILES string of the molecule is CNC(=O)c1ccc(N2CCN(Cc3ccc4nc(C)c(=O)[nH]c4c3F)CC2)c(F)n1. The molecule has 31 heavy (non-hydrogen) atoms. The minimum Gasteiger partial charge on any atom is -0.365 e. The van der Waals surface area contributed by atoms with Crippen LogP contribution in [0.3, 0.4) is 0 Å². The van der Waals surface area contributed by atoms with Gasteiger partial charge in [0.2, 0.25) is 5.95 Å². The predicted octanol–water partition coefficient (Wildman–Crippen LogP) is 1.59. The van der Waals surface area contributed by atoms with Crippen molar-refractivity contribution in [2.75, 3.05) is 38.1 Å². The summed E-state index contributed by atoms with van der Waals surface area (Å²) >= 11 is 0. The van der Waals surface area contributed by atoms with Crippen LogP contribution in [0, 0.1) is 18.7 Å². The van der Waals surface area contributed by atoms with Crippen LogP contribution in [0.5, 0.6) is 0 Å². The number of pyridine rings is 1. The van der Waals surface area contributed by atoms with Gasteiger partial charge in [0.15, 0.2) is 5.82 Å². The highest BCUT2D eigenvalue weighted by Crippen LogP contribution is 2.22. The first-order chi connectivity index (χ1) is 14.9. The van der Waals surface area contributed by atoms with E-state index in [1.807, 2.05) is 4.90 Å². The van der Waals surface area contributed by atoms with Gasteiger partial charge >= 0.3 is 0 Å². The summed E-state index contributed by atoms with van der Waals surface area (Å²) < 4.78 is 29.3. The second-order valence-corrected chi connectivity index (χ2v) is 7.43. The number of aromatic amines is 1. The van der Waals surface area contributed by atoms with E-state index in [0.717, 1.165) is 0 Å². The third-order valence-electron chi connectivity index (χ3n) is 5.45. The Bertz CT molecular complexity index is 1200. The lowest BCUT2D eigenvalue weighted by Gasteiger charge is -2.36. The van der Waals surface area contributed by atoms with Crippen LogP contribution in [0.4, 0.5) is 14.5 Å². The molecule has 1 fully saturated rings. The zero-order valence-electron chi connectivity index (χ0n) is 17.2. The number of anilines is 1. The molecule has 1 saturated heterocycles. The van der Waals surface area contributed by atoms with Crippen molar-refractivity contribution < 1.29 is 13.6 Å². The summed E-state index contributed by atoms with van der Waals surface area (Å²) in [6.07, 6.45) is 0. The van der Waals surface area contributed by atoms with Crippen LogP contribution >= 0.6 is 0 Å². The van der Waals surface area contributed by atoms with Gasteiger partial charge in [-0.15, -0.1) is 0 Å². The molecule has 3 aromatic rings. The first-order valence-corrected chi connectivity index (χ1v) is 9.91. The molecule has 8 nitrogen and oxygen atoms in total. The molecule has 162 valence electrons. The van der Waals surface area contributed by atoms with Crippen LogP contribution in [0.15, 0.2) is 29.1 Å². The first-order valence-electron chi connectivity index (χ1n) is 9.91. The van der Waals surface area contributed by atoms with Crippen molar-refractivity contribution in [2.45, 2.75) is 13.5 Å². The number of carbonyl (C=O) groups is 1. The molecule has 2 aromatic heterocycles. The summed E-state index contributed by atoms with van der Waals surface area (Å²) in [5.74, 6) is -1.62. The third-order valence-corrected chi connectivity index (χ3v) is 5.45. The third kappa shape index (κ3) is 4.11. The maximum Gasteiger partial charge on any atom is 0.269 e. The Morgan fingerprint density at radius 3 is 2.55 bits per heavy atom. The van der Waals surface area contributed by atoms with Crippen molar-refractivity contribution in [3.8, 4) is 0 Å². The zero-order valence-corrected chi connectivity index (χ0v) is 17.2. The predicted molar refractivity (Wildman–Crippen MR) is 112 cm³/mol. The van der Waals surface area contributed by atoms with Gasteiger partial charge in [-0.2, -0.15) is 4.39 Å². The number of piperazine rings is 1. The van der Waals surface area contributed by atoms with Gasteiger partial charge in [0.25, 0.3) is 11.5 Å². The molecule has 0 radical (unpaired) electrons. The minimum absolute atomic E-state index is 0.0249. The van der Waals surface area contributed by atoms with E-state index in [1.165, 1.54) is 13.1 Å². The lowest BCUT2D eigenvalue weighted by Crippen LogP contribution is -2.46. The lowest BCUT2D eigenvalue weighted by molar-refractivity contribution is 0.0957. The van der Waals surface area contributed by atoms with Crippen molar-refractivity contribution in [1.82, 2.24) is 25.2 Å². The molecular weight excluding hydrogens is 406 g/mol. The highest BCUT2D eigenvalue weighted by Gasteiger charge is 2.22. The maximum atomic E-state index is 14.9. The molecule has 0 unspecified atom stereocenters. The van der Waals surface area contributed by atoms with Crippen LogP contribution in [0.25, 0.3) is 11.0 Å². The Morgan fingerprint density at radius 2 is 1.87 bits per heavy atom. The standard InChI is InChI=1S/C21H22F2N6O2/c1-12-20(30)27-18-14(25-12)4-3-13(17(18)22)11-28-7-9-29(10-8-28)16-6-5-15(21(31)24-2)26-19(16)23/h3-6H,7-11H2,1-2H3,(H,24,31)(H,27,30). The second kappa shape index (κ2) is 8.38. The Labute approximate surface area is 176 Å². The number of hydrogen-bond acceptors (Lipinski definition) is 6. The zero-order chi connectivity index (χ0) is 22.1. The molecule has 0 atom stereocenters. The van der Waals surface area contributed by atoms with Crippen LogP contribution < -0.4 is 15.8 Å². The average molecular weight is 428 g/mol. The van der Waals surface area contributed by atoms with E-state index in [1.54, 1.807) is 25.1 Å². The van der Waals surface area contributed by atoms with E-state index in [4.69, 9.17) is 0 Å². The van der Waals surface area contributed by atoms with Crippen molar-refractivity contribution in [2.24, 2.45) is 0 Å². The van der Waals surface area contributed by atoms with Gasteiger partial charge in [-0.3, -0.25) is 14.5 Å². The smallest absolute Gasteiger partial charge is 0.269 e. The van der Waals surface area contributed by atoms with E-state index in [0.29, 0.717) is 55.2 Å². The minimum atomic E-state index is -0.693. The Hall–Kier alpha value is -3.40. The van der Waals surface area contributed by atoms with Crippen LogP contribution in [0.1, 0.15) is 21.7 Å². The number of nitrogens with zero attached hydrogens (tertiary/aromatic N) is 4. The Balaban J connectivity index is 1.45. The number of rotatable bonds is 4. The number of aryl methyl sites for hydroxylation is 1. The summed E-state index contributed by atoms with van der Waals surface area (Å²) in [6.45, 7) is 4.19. The number of fused-ring (bicyclic) bond motifs is 1. The van der Waals surface area contributed by atoms with Gasteiger partial charge < -0.3 is 15.2 Å². The summed E-state index contributed by atoms with van der Waals surface area (Å²) in [5.41, 5.74) is 1.23. The summed E-state index contributed by atoms with van der Waals surface area (Å²) in [4.78, 5) is 37.7. The molecular formula is C21H22F2N6O2. The summed E-state index contributed by atoms with van der Waals surface area (Å²) in [6, 6.07) is 6.42. The molecule has 0 aliphatic carbocycles. The molecule has 2 N–H and O–H groups in total. The van der Waals surface area contributed by atoms with Crippen LogP contribution in [-0.2, 0) is 6.54 Å². The molecule has 10 heteroatoms. The maximum absolute atomic E-state index is 14.9. The van der Waals surface area contributed by atoms with E-state index < -0.39 is 23.2 Å². The van der Waals surface area contributed by atoms with Crippen molar-refractivity contribution in [3.05, 3.63) is 63.3 Å². The molecule has 0 spiro atoms. The lowest BCUT2D eigenvalue weighted by atomic mass is 10.1. The van der Waals surface area contributed by atoms with E-state index in [2.05, 4.69) is 25.2 Å². The van der Waals surface area contributed by atoms with Crippen molar-refractivity contribution in [3.63, 3.8) is 0 Å². The Kier molecular flexibility index (Phi) is 5.64. The first kappa shape index (κ1) is 20.9. The normalized spacial score (nSPS) is 14.8. The molecule has 1 aliphatic rings. The molecule has 1 aromatic carbocycles. The average Bonchev–Trinajstić information content (AvgIpc) is 2.77. The number of aromatic nitrogens is 3. The van der Waals surface area contributed by atoms with E-state index >= 15 is 0 Å². The topological polar surface area (TPSA) is 94.2 Å². The molecule has 3 heterocycles. The number of carbonyl (C=O) groups excluding carboxylic acids is 1. The van der Waals surface area contributed by atoms with Gasteiger partial charge in [0.05, 0.1) is 11.2 Å². The number of hydrogen-bond donors (Lipinski definition) is 2. The molecule has 1 amide bonds. The largest absolute Gasteiger partial charge is 0.365 e. The van der Waals surface area contributed by atoms with Gasteiger partial charge in [-0.05, 0) is 25.1 Å². The molecule has 0 bridgehead atoms. The fourth-order valence-electron chi connectivity index (χ4n) is 3.68. The van der Waals surface area contributed by atoms with E-state index in [9.17, 15) is 18.4 Å². The fourth-order valence-corrected chi connectivity index (χ4v) is 3.68. The molecule has 1 aliphatic heterocycles. The summed E-state index contributed by atoms with van der Waals surface area (Å²) in [7, 11) is 1.46. The van der Waals surface area contributed by atoms with Gasteiger partial charge in [0, 0.05) is 45.3 Å². The highest BCUT2D eigenvalue weighted by molar-refractivity contribution is 5.92. The van der Waals surface area contributed by atoms with Gasteiger partial charge in [-0.1, -0.05) is 6.07 Å². The van der Waals surface area contributed by atoms with Crippen LogP contribution in [-0.4, -0.2) is 59.0 Å². The van der Waals surface area contributed by atoms with Crippen LogP contribution in [0.2, 0.25) is 0 Å². The number of H-pyrrole nitrogens is 1. The van der Waals surface area contributed by atoms with E-state index in [-0.39, 0.29) is 11.2 Å². The van der Waals surface area contributed by atoms with Crippen molar-refractivity contribution in [1.29, 1.82) is 0 Å². The monoisotopic (exact) mass is 428 g/mol. The van der Waals surface area contributed by atoms with Gasteiger partial charge in [0.1, 0.15) is 16.9 Å². The highest BCUT2D eigenvalue weighted by atomic mass is 19.1. The quantitative estimate of drug-likeness (QED) is 0.613.